The summed E-state index contributed by atoms with van der Waals surface area (Å²) in [6, 6.07) is 10.8. The molecule has 0 bridgehead atoms. The van der Waals surface area contributed by atoms with E-state index in [1.54, 1.807) is 37.3 Å². The van der Waals surface area contributed by atoms with E-state index in [0.29, 0.717) is 16.8 Å². The molecule has 0 unspecified atom stereocenters. The van der Waals surface area contributed by atoms with Crippen LogP contribution < -0.4 is 11.1 Å². The minimum atomic E-state index is -0.394. The van der Waals surface area contributed by atoms with Gasteiger partial charge in [0.25, 0.3) is 5.91 Å². The second kappa shape index (κ2) is 5.79. The Bertz CT molecular complexity index is 668. The lowest BCUT2D eigenvalue weighted by molar-refractivity contribution is 0.102. The number of hydrogen-bond acceptors (Lipinski definition) is 2. The van der Waals surface area contributed by atoms with Crippen molar-refractivity contribution in [2.45, 2.75) is 6.92 Å². The lowest BCUT2D eigenvalue weighted by Crippen LogP contribution is -2.14. The molecular formula is C15H13FN2OS. The van der Waals surface area contributed by atoms with Crippen molar-refractivity contribution >= 4 is 28.8 Å². The number of nitrogens with one attached hydrogen (secondary N) is 1. The number of benzene rings is 2. The van der Waals surface area contributed by atoms with Gasteiger partial charge in [0.05, 0.1) is 0 Å². The van der Waals surface area contributed by atoms with E-state index in [1.165, 1.54) is 12.1 Å². The zero-order chi connectivity index (χ0) is 14.7. The summed E-state index contributed by atoms with van der Waals surface area (Å²) in [5, 5.41) is 2.67. The maximum absolute atomic E-state index is 13.2. The van der Waals surface area contributed by atoms with E-state index < -0.39 is 5.82 Å². The summed E-state index contributed by atoms with van der Waals surface area (Å²) in [6.07, 6.45) is 0. The van der Waals surface area contributed by atoms with Crippen LogP contribution in [0.2, 0.25) is 0 Å². The standard InChI is InChI=1S/C15H13FN2OS/c1-9-2-7-12(16)8-13(9)18-15(19)11-5-3-10(4-6-11)14(17)20/h2-8H,1H3,(H2,17,20)(H,18,19). The third-order valence-corrected chi connectivity index (χ3v) is 3.12. The van der Waals surface area contributed by atoms with E-state index >= 15 is 0 Å². The number of hydrogen-bond donors (Lipinski definition) is 2. The fourth-order valence-corrected chi connectivity index (χ4v) is 1.85. The summed E-state index contributed by atoms with van der Waals surface area (Å²) in [7, 11) is 0. The first-order valence-corrected chi connectivity index (χ1v) is 6.35. The van der Waals surface area contributed by atoms with Crippen molar-refractivity contribution in [3.63, 3.8) is 0 Å². The monoisotopic (exact) mass is 288 g/mol. The predicted molar refractivity (Wildman–Crippen MR) is 81.4 cm³/mol. The second-order valence-corrected chi connectivity index (χ2v) is 4.79. The molecule has 0 spiro atoms. The fourth-order valence-electron chi connectivity index (χ4n) is 1.71. The summed E-state index contributed by atoms with van der Waals surface area (Å²) >= 11 is 4.84. The lowest BCUT2D eigenvalue weighted by atomic mass is 10.1. The Kier molecular flexibility index (Phi) is 4.10. The van der Waals surface area contributed by atoms with E-state index in [1.807, 2.05) is 0 Å². The van der Waals surface area contributed by atoms with Gasteiger partial charge < -0.3 is 11.1 Å². The molecule has 2 aromatic carbocycles. The number of carbonyl (C=O) groups excluding carboxylic acids is 1. The van der Waals surface area contributed by atoms with Crippen molar-refractivity contribution in [1.29, 1.82) is 0 Å². The quantitative estimate of drug-likeness (QED) is 0.854. The molecule has 0 saturated carbocycles. The molecule has 0 radical (unpaired) electrons. The minimum Gasteiger partial charge on any atom is -0.389 e. The number of thiocarbonyl (C=S) groups is 1. The van der Waals surface area contributed by atoms with Crippen LogP contribution in [0.4, 0.5) is 10.1 Å². The van der Waals surface area contributed by atoms with E-state index in [9.17, 15) is 9.18 Å². The second-order valence-electron chi connectivity index (χ2n) is 4.35. The normalized spacial score (nSPS) is 10.1. The Morgan fingerprint density at radius 1 is 1.15 bits per heavy atom. The highest BCUT2D eigenvalue weighted by molar-refractivity contribution is 7.80. The largest absolute Gasteiger partial charge is 0.389 e. The number of anilines is 1. The first-order valence-electron chi connectivity index (χ1n) is 5.95. The molecule has 102 valence electrons. The predicted octanol–water partition coefficient (Wildman–Crippen LogP) is 3.02. The van der Waals surface area contributed by atoms with Crippen LogP contribution in [-0.4, -0.2) is 10.9 Å². The maximum atomic E-state index is 13.2. The van der Waals surface area contributed by atoms with Crippen LogP contribution in [0.1, 0.15) is 21.5 Å². The van der Waals surface area contributed by atoms with Crippen molar-refractivity contribution in [3.8, 4) is 0 Å². The summed E-state index contributed by atoms with van der Waals surface area (Å²) in [4.78, 5) is 12.3. The number of aryl methyl sites for hydroxylation is 1. The number of amides is 1. The maximum Gasteiger partial charge on any atom is 0.255 e. The molecule has 0 heterocycles. The molecule has 0 fully saturated rings. The molecule has 3 nitrogen and oxygen atoms in total. The van der Waals surface area contributed by atoms with Gasteiger partial charge in [-0.2, -0.15) is 0 Å². The van der Waals surface area contributed by atoms with Gasteiger partial charge in [-0.1, -0.05) is 30.4 Å². The van der Waals surface area contributed by atoms with Crippen molar-refractivity contribution in [3.05, 3.63) is 65.0 Å². The average molecular weight is 288 g/mol. The minimum absolute atomic E-state index is 0.276. The molecule has 3 N–H and O–H groups in total. The third-order valence-electron chi connectivity index (χ3n) is 2.88. The van der Waals surface area contributed by atoms with Crippen LogP contribution in [0.5, 0.6) is 0 Å². The first-order chi connectivity index (χ1) is 9.47. The van der Waals surface area contributed by atoms with Gasteiger partial charge in [-0.25, -0.2) is 4.39 Å². The van der Waals surface area contributed by atoms with Gasteiger partial charge in [0.15, 0.2) is 0 Å². The molecule has 5 heteroatoms. The summed E-state index contributed by atoms with van der Waals surface area (Å²) in [5.41, 5.74) is 7.88. The lowest BCUT2D eigenvalue weighted by Gasteiger charge is -2.09. The van der Waals surface area contributed by atoms with Crippen LogP contribution >= 0.6 is 12.2 Å². The van der Waals surface area contributed by atoms with Crippen LogP contribution in [0, 0.1) is 12.7 Å². The third kappa shape index (κ3) is 3.19. The molecule has 0 aliphatic heterocycles. The Hall–Kier alpha value is -2.27. The number of carbonyl (C=O) groups is 1. The zero-order valence-corrected chi connectivity index (χ0v) is 11.6. The molecule has 2 rings (SSSR count). The topological polar surface area (TPSA) is 55.1 Å². The highest BCUT2D eigenvalue weighted by atomic mass is 32.1. The van der Waals surface area contributed by atoms with E-state index in [4.69, 9.17) is 18.0 Å². The Labute approximate surface area is 121 Å². The molecular weight excluding hydrogens is 275 g/mol. The molecule has 1 amide bonds. The van der Waals surface area contributed by atoms with E-state index in [2.05, 4.69) is 5.32 Å². The van der Waals surface area contributed by atoms with Crippen molar-refractivity contribution < 1.29 is 9.18 Å². The Morgan fingerprint density at radius 3 is 2.35 bits per heavy atom. The molecule has 0 saturated heterocycles. The van der Waals surface area contributed by atoms with Crippen LogP contribution in [0.15, 0.2) is 42.5 Å². The van der Waals surface area contributed by atoms with Gasteiger partial charge >= 0.3 is 0 Å². The van der Waals surface area contributed by atoms with Crippen LogP contribution in [0.25, 0.3) is 0 Å². The van der Waals surface area contributed by atoms with Gasteiger partial charge in [0, 0.05) is 16.8 Å². The van der Waals surface area contributed by atoms with Gasteiger partial charge in [-0.05, 0) is 36.8 Å². The molecule has 0 atom stereocenters. The molecule has 0 aromatic heterocycles. The SMILES string of the molecule is Cc1ccc(F)cc1NC(=O)c1ccc(C(N)=S)cc1. The highest BCUT2D eigenvalue weighted by Crippen LogP contribution is 2.17. The van der Waals surface area contributed by atoms with Gasteiger partial charge in [-0.3, -0.25) is 4.79 Å². The number of halogens is 1. The Morgan fingerprint density at radius 2 is 1.75 bits per heavy atom. The van der Waals surface area contributed by atoms with Crippen molar-refractivity contribution in [2.75, 3.05) is 5.32 Å². The summed E-state index contributed by atoms with van der Waals surface area (Å²) < 4.78 is 13.2. The molecule has 0 aliphatic rings. The summed E-state index contributed by atoms with van der Waals surface area (Å²) in [6.45, 7) is 1.80. The van der Waals surface area contributed by atoms with Gasteiger partial charge in [-0.15, -0.1) is 0 Å². The Balaban J connectivity index is 2.19. The van der Waals surface area contributed by atoms with Gasteiger partial charge in [0.2, 0.25) is 0 Å². The van der Waals surface area contributed by atoms with E-state index in [-0.39, 0.29) is 10.9 Å². The fraction of sp³-hybridized carbons (Fsp3) is 0.0667. The summed E-state index contributed by atoms with van der Waals surface area (Å²) in [5.74, 6) is -0.706. The first kappa shape index (κ1) is 14.1. The van der Waals surface area contributed by atoms with Crippen LogP contribution in [-0.2, 0) is 0 Å². The molecule has 2 aromatic rings. The van der Waals surface area contributed by atoms with Gasteiger partial charge in [0.1, 0.15) is 10.8 Å². The molecule has 20 heavy (non-hydrogen) atoms. The molecule has 0 aliphatic carbocycles. The van der Waals surface area contributed by atoms with Crippen molar-refractivity contribution in [2.24, 2.45) is 5.73 Å². The van der Waals surface area contributed by atoms with Crippen molar-refractivity contribution in [1.82, 2.24) is 0 Å². The average Bonchev–Trinajstić information content (AvgIpc) is 2.43. The van der Waals surface area contributed by atoms with E-state index in [0.717, 1.165) is 5.56 Å². The highest BCUT2D eigenvalue weighted by Gasteiger charge is 2.09. The number of nitrogens with two attached hydrogens (primary N) is 1. The zero-order valence-electron chi connectivity index (χ0n) is 10.8. The van der Waals surface area contributed by atoms with Crippen LogP contribution in [0.3, 0.4) is 0 Å². The number of rotatable bonds is 3. The smallest absolute Gasteiger partial charge is 0.255 e.